The van der Waals surface area contributed by atoms with Crippen molar-refractivity contribution in [1.29, 1.82) is 0 Å². The van der Waals surface area contributed by atoms with E-state index >= 15 is 0 Å². The minimum atomic E-state index is -0.299. The van der Waals surface area contributed by atoms with E-state index in [1.165, 1.54) is 12.1 Å². The number of hydrogen-bond acceptors (Lipinski definition) is 2. The van der Waals surface area contributed by atoms with Crippen molar-refractivity contribution in [3.8, 4) is 0 Å². The molecule has 3 heterocycles. The number of aromatic amines is 2. The predicted molar refractivity (Wildman–Crippen MR) is 97.4 cm³/mol. The molecule has 1 aliphatic heterocycles. The average molecular weight is 348 g/mol. The van der Waals surface area contributed by atoms with E-state index in [4.69, 9.17) is 0 Å². The van der Waals surface area contributed by atoms with E-state index in [1.807, 2.05) is 35.4 Å². The summed E-state index contributed by atoms with van der Waals surface area (Å²) < 4.78 is 13.4. The minimum Gasteiger partial charge on any atom is -0.361 e. The summed E-state index contributed by atoms with van der Waals surface area (Å²) in [6.07, 6.45) is 3.64. The molecule has 26 heavy (non-hydrogen) atoms. The van der Waals surface area contributed by atoms with E-state index < -0.39 is 0 Å². The monoisotopic (exact) mass is 348 g/mol. The van der Waals surface area contributed by atoms with Crippen LogP contribution in [0.5, 0.6) is 0 Å². The zero-order valence-corrected chi connectivity index (χ0v) is 14.0. The zero-order chi connectivity index (χ0) is 17.7. The summed E-state index contributed by atoms with van der Waals surface area (Å²) >= 11 is 0. The first-order valence-corrected chi connectivity index (χ1v) is 8.72. The van der Waals surface area contributed by atoms with Crippen LogP contribution < -0.4 is 0 Å². The molecule has 130 valence electrons. The number of fused-ring (bicyclic) bond motifs is 2. The lowest BCUT2D eigenvalue weighted by atomic mass is 10.1. The minimum absolute atomic E-state index is 0.00207. The highest BCUT2D eigenvalue weighted by atomic mass is 19.1. The summed E-state index contributed by atoms with van der Waals surface area (Å²) in [5.41, 5.74) is 3.06. The van der Waals surface area contributed by atoms with Crippen LogP contribution in [0.3, 0.4) is 0 Å². The first kappa shape index (κ1) is 15.1. The molecule has 0 bridgehead atoms. The van der Waals surface area contributed by atoms with Crippen LogP contribution in [0.2, 0.25) is 0 Å². The van der Waals surface area contributed by atoms with Gasteiger partial charge in [-0.15, -0.1) is 0 Å². The molecule has 0 radical (unpaired) electrons. The molecule has 2 N–H and O–H groups in total. The fourth-order valence-corrected chi connectivity index (χ4v) is 3.81. The van der Waals surface area contributed by atoms with Gasteiger partial charge in [-0.1, -0.05) is 0 Å². The van der Waals surface area contributed by atoms with Gasteiger partial charge in [-0.3, -0.25) is 4.79 Å². The fourth-order valence-electron chi connectivity index (χ4n) is 3.81. The Morgan fingerprint density at radius 1 is 1.15 bits per heavy atom. The summed E-state index contributed by atoms with van der Waals surface area (Å²) in [7, 11) is 0. The van der Waals surface area contributed by atoms with E-state index in [0.717, 1.165) is 35.1 Å². The van der Waals surface area contributed by atoms with E-state index in [-0.39, 0.29) is 17.8 Å². The van der Waals surface area contributed by atoms with Gasteiger partial charge in [0.25, 0.3) is 5.91 Å². The number of halogens is 1. The molecule has 1 aliphatic rings. The molecular weight excluding hydrogens is 331 g/mol. The van der Waals surface area contributed by atoms with E-state index in [1.54, 1.807) is 6.07 Å². The van der Waals surface area contributed by atoms with Gasteiger partial charge in [0.1, 0.15) is 11.6 Å². The summed E-state index contributed by atoms with van der Waals surface area (Å²) in [5, 5.41) is 1.02. The molecule has 2 aromatic heterocycles. The van der Waals surface area contributed by atoms with Crippen LogP contribution in [0.25, 0.3) is 21.9 Å². The molecule has 0 saturated carbocycles. The van der Waals surface area contributed by atoms with Crippen molar-refractivity contribution < 1.29 is 9.18 Å². The Hall–Kier alpha value is -3.15. The van der Waals surface area contributed by atoms with Crippen molar-refractivity contribution in [3.63, 3.8) is 0 Å². The average Bonchev–Trinajstić information content (AvgIpc) is 3.37. The molecule has 0 aliphatic carbocycles. The maximum Gasteiger partial charge on any atom is 0.254 e. The quantitative estimate of drug-likeness (QED) is 0.571. The van der Waals surface area contributed by atoms with Gasteiger partial charge in [0.15, 0.2) is 0 Å². The SMILES string of the molecule is O=C(c1ccc2[nH]ccc2c1)N1CCCC1c1nc2ccc(F)cc2[nH]1. The summed E-state index contributed by atoms with van der Waals surface area (Å²) in [5.74, 6) is 0.424. The Morgan fingerprint density at radius 2 is 2.08 bits per heavy atom. The lowest BCUT2D eigenvalue weighted by Crippen LogP contribution is -2.31. The Morgan fingerprint density at radius 3 is 3.00 bits per heavy atom. The van der Waals surface area contributed by atoms with Crippen LogP contribution in [-0.4, -0.2) is 32.3 Å². The molecule has 4 aromatic rings. The first-order valence-electron chi connectivity index (χ1n) is 8.72. The van der Waals surface area contributed by atoms with Crippen molar-refractivity contribution in [2.24, 2.45) is 0 Å². The molecule has 5 rings (SSSR count). The number of nitrogens with zero attached hydrogens (tertiary/aromatic N) is 2. The molecule has 6 heteroatoms. The maximum absolute atomic E-state index is 13.4. The second-order valence-electron chi connectivity index (χ2n) is 6.72. The smallest absolute Gasteiger partial charge is 0.254 e. The highest BCUT2D eigenvalue weighted by Gasteiger charge is 2.32. The summed E-state index contributed by atoms with van der Waals surface area (Å²) in [6.45, 7) is 0.695. The van der Waals surface area contributed by atoms with Crippen molar-refractivity contribution >= 4 is 27.8 Å². The number of imidazole rings is 1. The van der Waals surface area contributed by atoms with Crippen LogP contribution in [0.15, 0.2) is 48.7 Å². The molecule has 1 fully saturated rings. The summed E-state index contributed by atoms with van der Waals surface area (Å²) in [4.78, 5) is 25.9. The van der Waals surface area contributed by atoms with Gasteiger partial charge < -0.3 is 14.9 Å². The van der Waals surface area contributed by atoms with E-state index in [9.17, 15) is 9.18 Å². The van der Waals surface area contributed by atoms with Crippen molar-refractivity contribution in [2.75, 3.05) is 6.54 Å². The highest BCUT2D eigenvalue weighted by molar-refractivity contribution is 5.98. The fraction of sp³-hybridized carbons (Fsp3) is 0.200. The number of amides is 1. The third kappa shape index (κ3) is 2.37. The van der Waals surface area contributed by atoms with Crippen LogP contribution in [0.1, 0.15) is 35.1 Å². The third-order valence-corrected chi connectivity index (χ3v) is 5.09. The van der Waals surface area contributed by atoms with Crippen LogP contribution >= 0.6 is 0 Å². The van der Waals surface area contributed by atoms with Gasteiger partial charge in [-0.2, -0.15) is 0 Å². The van der Waals surface area contributed by atoms with Crippen molar-refractivity contribution in [3.05, 3.63) is 65.9 Å². The number of H-pyrrole nitrogens is 2. The third-order valence-electron chi connectivity index (χ3n) is 5.09. The van der Waals surface area contributed by atoms with Gasteiger partial charge in [0.05, 0.1) is 17.1 Å². The second-order valence-corrected chi connectivity index (χ2v) is 6.72. The Balaban J connectivity index is 1.49. The van der Waals surface area contributed by atoms with E-state index in [0.29, 0.717) is 17.6 Å². The Labute approximate surface area is 148 Å². The largest absolute Gasteiger partial charge is 0.361 e. The van der Waals surface area contributed by atoms with Crippen LogP contribution in [0, 0.1) is 5.82 Å². The van der Waals surface area contributed by atoms with Crippen molar-refractivity contribution in [1.82, 2.24) is 19.9 Å². The number of aromatic nitrogens is 3. The molecular formula is C20H17FN4O. The predicted octanol–water partition coefficient (Wildman–Crippen LogP) is 4.16. The van der Waals surface area contributed by atoms with Crippen molar-refractivity contribution in [2.45, 2.75) is 18.9 Å². The molecule has 0 spiro atoms. The molecule has 1 atom stereocenters. The highest BCUT2D eigenvalue weighted by Crippen LogP contribution is 2.33. The second kappa shape index (κ2) is 5.69. The van der Waals surface area contributed by atoms with Gasteiger partial charge >= 0.3 is 0 Å². The molecule has 1 saturated heterocycles. The maximum atomic E-state index is 13.4. The Kier molecular flexibility index (Phi) is 3.31. The number of hydrogen-bond donors (Lipinski definition) is 2. The van der Waals surface area contributed by atoms with Gasteiger partial charge in [-0.05, 0) is 55.3 Å². The molecule has 2 aromatic carbocycles. The number of rotatable bonds is 2. The number of benzene rings is 2. The zero-order valence-electron chi connectivity index (χ0n) is 14.0. The number of nitrogens with one attached hydrogen (secondary N) is 2. The lowest BCUT2D eigenvalue weighted by Gasteiger charge is -2.23. The summed E-state index contributed by atoms with van der Waals surface area (Å²) in [6, 6.07) is 12.0. The number of carbonyl (C=O) groups is 1. The molecule has 1 unspecified atom stereocenters. The van der Waals surface area contributed by atoms with Crippen LogP contribution in [0.4, 0.5) is 4.39 Å². The Bertz CT molecular complexity index is 1130. The molecule has 5 nitrogen and oxygen atoms in total. The topological polar surface area (TPSA) is 64.8 Å². The van der Waals surface area contributed by atoms with Gasteiger partial charge in [0, 0.05) is 29.2 Å². The van der Waals surface area contributed by atoms with Gasteiger partial charge in [0.2, 0.25) is 0 Å². The lowest BCUT2D eigenvalue weighted by molar-refractivity contribution is 0.0730. The number of likely N-dealkylation sites (tertiary alicyclic amines) is 1. The van der Waals surface area contributed by atoms with Gasteiger partial charge in [-0.25, -0.2) is 9.37 Å². The standard InChI is InChI=1S/C20H17FN4O/c21-14-4-6-16-17(11-14)24-19(23-16)18-2-1-9-25(18)20(26)13-3-5-15-12(10-13)7-8-22-15/h3-8,10-11,18,22H,1-2,9H2,(H,23,24). The first-order chi connectivity index (χ1) is 12.7. The van der Waals surface area contributed by atoms with Crippen LogP contribution in [-0.2, 0) is 0 Å². The number of carbonyl (C=O) groups excluding carboxylic acids is 1. The van der Waals surface area contributed by atoms with E-state index in [2.05, 4.69) is 15.0 Å². The normalized spacial score (nSPS) is 17.4. The molecule has 1 amide bonds.